The number of piperidine rings is 1. The summed E-state index contributed by atoms with van der Waals surface area (Å²) in [5.74, 6) is 0.277. The van der Waals surface area contributed by atoms with Gasteiger partial charge in [-0.3, -0.25) is 9.59 Å². The highest BCUT2D eigenvalue weighted by Crippen LogP contribution is 2.18. The monoisotopic (exact) mass is 238 g/mol. The predicted molar refractivity (Wildman–Crippen MR) is 67.4 cm³/mol. The molecule has 0 aromatic carbocycles. The Morgan fingerprint density at radius 2 is 1.94 bits per heavy atom. The fourth-order valence-corrected chi connectivity index (χ4v) is 2.19. The zero-order chi connectivity index (χ0) is 12.8. The van der Waals surface area contributed by atoms with Gasteiger partial charge in [0.05, 0.1) is 0 Å². The van der Waals surface area contributed by atoms with E-state index in [9.17, 15) is 9.59 Å². The molecule has 0 bridgehead atoms. The first-order valence-corrected chi connectivity index (χ1v) is 6.27. The minimum Gasteiger partial charge on any atom is -0.359 e. The van der Waals surface area contributed by atoms with Crippen molar-refractivity contribution in [3.63, 3.8) is 0 Å². The van der Waals surface area contributed by atoms with E-state index in [1.807, 2.05) is 24.8 Å². The van der Waals surface area contributed by atoms with Crippen LogP contribution in [-0.4, -0.2) is 36.9 Å². The lowest BCUT2D eigenvalue weighted by atomic mass is 9.95. The summed E-state index contributed by atoms with van der Waals surface area (Å²) in [7, 11) is 1.66. The SMILES string of the molecule is CC/C=C(/C)C(=O)N1CCC(C(=O)NC)CC1. The van der Waals surface area contributed by atoms with Crippen LogP contribution in [0.1, 0.15) is 33.1 Å². The van der Waals surface area contributed by atoms with Crippen LogP contribution in [0.3, 0.4) is 0 Å². The fraction of sp³-hybridized carbons (Fsp3) is 0.692. The van der Waals surface area contributed by atoms with Crippen molar-refractivity contribution in [3.8, 4) is 0 Å². The highest BCUT2D eigenvalue weighted by molar-refractivity contribution is 5.93. The third kappa shape index (κ3) is 3.58. The largest absolute Gasteiger partial charge is 0.359 e. The van der Waals surface area contributed by atoms with Gasteiger partial charge in [0.25, 0.3) is 0 Å². The van der Waals surface area contributed by atoms with Crippen LogP contribution >= 0.6 is 0 Å². The molecule has 1 N–H and O–H groups in total. The summed E-state index contributed by atoms with van der Waals surface area (Å²) in [5.41, 5.74) is 0.811. The summed E-state index contributed by atoms with van der Waals surface area (Å²) in [5, 5.41) is 2.67. The van der Waals surface area contributed by atoms with Gasteiger partial charge < -0.3 is 10.2 Å². The molecule has 4 heteroatoms. The average Bonchev–Trinajstić information content (AvgIpc) is 2.37. The smallest absolute Gasteiger partial charge is 0.249 e. The second-order valence-electron chi connectivity index (χ2n) is 4.48. The maximum Gasteiger partial charge on any atom is 0.249 e. The highest BCUT2D eigenvalue weighted by atomic mass is 16.2. The molecular weight excluding hydrogens is 216 g/mol. The molecular formula is C13H22N2O2. The topological polar surface area (TPSA) is 49.4 Å². The second kappa shape index (κ2) is 6.42. The first-order valence-electron chi connectivity index (χ1n) is 6.27. The van der Waals surface area contributed by atoms with Crippen molar-refractivity contribution in [2.45, 2.75) is 33.1 Å². The number of nitrogens with one attached hydrogen (secondary N) is 1. The Kier molecular flexibility index (Phi) is 5.19. The Morgan fingerprint density at radius 1 is 1.35 bits per heavy atom. The van der Waals surface area contributed by atoms with Gasteiger partial charge in [-0.1, -0.05) is 13.0 Å². The molecule has 0 unspecified atom stereocenters. The maximum absolute atomic E-state index is 12.0. The van der Waals surface area contributed by atoms with Crippen molar-refractivity contribution in [1.29, 1.82) is 0 Å². The van der Waals surface area contributed by atoms with Gasteiger partial charge in [0.1, 0.15) is 0 Å². The molecule has 0 spiro atoms. The van der Waals surface area contributed by atoms with Crippen LogP contribution in [0.4, 0.5) is 0 Å². The molecule has 0 saturated carbocycles. The Morgan fingerprint density at radius 3 is 2.41 bits per heavy atom. The predicted octanol–water partition coefficient (Wildman–Crippen LogP) is 1.33. The molecule has 0 aromatic heterocycles. The van der Waals surface area contributed by atoms with E-state index in [-0.39, 0.29) is 17.7 Å². The van der Waals surface area contributed by atoms with Gasteiger partial charge in [0.2, 0.25) is 11.8 Å². The van der Waals surface area contributed by atoms with Crippen molar-refractivity contribution >= 4 is 11.8 Å². The number of nitrogens with zero attached hydrogens (tertiary/aromatic N) is 1. The summed E-state index contributed by atoms with van der Waals surface area (Å²) in [6.07, 6.45) is 4.37. The van der Waals surface area contributed by atoms with E-state index in [0.717, 1.165) is 24.8 Å². The molecule has 1 aliphatic rings. The lowest BCUT2D eigenvalue weighted by Crippen LogP contribution is -2.42. The summed E-state index contributed by atoms with van der Waals surface area (Å²) in [4.78, 5) is 25.3. The number of rotatable bonds is 3. The lowest BCUT2D eigenvalue weighted by molar-refractivity contribution is -0.132. The van der Waals surface area contributed by atoms with Gasteiger partial charge in [0.15, 0.2) is 0 Å². The lowest BCUT2D eigenvalue weighted by Gasteiger charge is -2.31. The van der Waals surface area contributed by atoms with Gasteiger partial charge in [-0.2, -0.15) is 0 Å². The Balaban J connectivity index is 2.49. The van der Waals surface area contributed by atoms with Crippen LogP contribution in [0.2, 0.25) is 0 Å². The van der Waals surface area contributed by atoms with Crippen LogP contribution in [0.15, 0.2) is 11.6 Å². The summed E-state index contributed by atoms with van der Waals surface area (Å²) < 4.78 is 0. The van der Waals surface area contributed by atoms with Crippen molar-refractivity contribution in [2.24, 2.45) is 5.92 Å². The third-order valence-electron chi connectivity index (χ3n) is 3.25. The van der Waals surface area contributed by atoms with E-state index in [2.05, 4.69) is 5.32 Å². The van der Waals surface area contributed by atoms with Gasteiger partial charge in [-0.15, -0.1) is 0 Å². The number of likely N-dealkylation sites (tertiary alicyclic amines) is 1. The molecule has 4 nitrogen and oxygen atoms in total. The molecule has 0 atom stereocenters. The van der Waals surface area contributed by atoms with E-state index in [1.54, 1.807) is 7.05 Å². The van der Waals surface area contributed by atoms with Crippen LogP contribution < -0.4 is 5.32 Å². The van der Waals surface area contributed by atoms with E-state index >= 15 is 0 Å². The van der Waals surface area contributed by atoms with E-state index < -0.39 is 0 Å². The van der Waals surface area contributed by atoms with Crippen LogP contribution in [0, 0.1) is 5.92 Å². The first-order chi connectivity index (χ1) is 8.10. The quantitative estimate of drug-likeness (QED) is 0.754. The Bertz CT molecular complexity index is 315. The average molecular weight is 238 g/mol. The third-order valence-corrected chi connectivity index (χ3v) is 3.25. The van der Waals surface area contributed by atoms with E-state index in [4.69, 9.17) is 0 Å². The fourth-order valence-electron chi connectivity index (χ4n) is 2.19. The van der Waals surface area contributed by atoms with Crippen molar-refractivity contribution < 1.29 is 9.59 Å². The molecule has 1 heterocycles. The summed E-state index contributed by atoms with van der Waals surface area (Å²) in [6, 6.07) is 0. The molecule has 2 amide bonds. The molecule has 0 aromatic rings. The second-order valence-corrected chi connectivity index (χ2v) is 4.48. The van der Waals surface area contributed by atoms with Crippen molar-refractivity contribution in [3.05, 3.63) is 11.6 Å². The molecule has 1 rings (SSSR count). The number of hydrogen-bond donors (Lipinski definition) is 1. The molecule has 0 aliphatic carbocycles. The van der Waals surface area contributed by atoms with E-state index in [0.29, 0.717) is 13.1 Å². The number of allylic oxidation sites excluding steroid dienone is 1. The van der Waals surface area contributed by atoms with Gasteiger partial charge in [0, 0.05) is 31.6 Å². The Hall–Kier alpha value is -1.32. The van der Waals surface area contributed by atoms with Gasteiger partial charge in [-0.05, 0) is 26.2 Å². The van der Waals surface area contributed by atoms with Crippen LogP contribution in [0.25, 0.3) is 0 Å². The van der Waals surface area contributed by atoms with Gasteiger partial charge >= 0.3 is 0 Å². The normalized spacial score (nSPS) is 18.1. The highest BCUT2D eigenvalue weighted by Gasteiger charge is 2.26. The minimum atomic E-state index is 0.0690. The van der Waals surface area contributed by atoms with Crippen LogP contribution in [-0.2, 0) is 9.59 Å². The molecule has 1 fully saturated rings. The van der Waals surface area contributed by atoms with Crippen LogP contribution in [0.5, 0.6) is 0 Å². The van der Waals surface area contributed by atoms with E-state index in [1.165, 1.54) is 0 Å². The molecule has 0 radical (unpaired) electrons. The molecule has 1 saturated heterocycles. The Labute approximate surface area is 103 Å². The molecule has 96 valence electrons. The number of carbonyl (C=O) groups excluding carboxylic acids is 2. The number of amides is 2. The van der Waals surface area contributed by atoms with Crippen molar-refractivity contribution in [1.82, 2.24) is 10.2 Å². The minimum absolute atomic E-state index is 0.0690. The molecule has 17 heavy (non-hydrogen) atoms. The van der Waals surface area contributed by atoms with Crippen molar-refractivity contribution in [2.75, 3.05) is 20.1 Å². The first kappa shape index (κ1) is 13.7. The maximum atomic E-state index is 12.0. The zero-order valence-electron chi connectivity index (χ0n) is 11.0. The standard InChI is InChI=1S/C13H22N2O2/c1-4-5-10(2)13(17)15-8-6-11(7-9-15)12(16)14-3/h5,11H,4,6-9H2,1-3H3,(H,14,16)/b10-5-. The summed E-state index contributed by atoms with van der Waals surface area (Å²) >= 11 is 0. The van der Waals surface area contributed by atoms with Gasteiger partial charge in [-0.25, -0.2) is 0 Å². The zero-order valence-corrected chi connectivity index (χ0v) is 11.0. The number of carbonyl (C=O) groups is 2. The number of hydrogen-bond acceptors (Lipinski definition) is 2. The summed E-state index contributed by atoms with van der Waals surface area (Å²) in [6.45, 7) is 5.25. The molecule has 1 aliphatic heterocycles.